The number of carbonyl (C=O) groups excluding carboxylic acids is 1. The number of ether oxygens (including phenoxy) is 1. The summed E-state index contributed by atoms with van der Waals surface area (Å²) in [6.07, 6.45) is 0.637. The molecule has 5 nitrogen and oxygen atoms in total. The van der Waals surface area contributed by atoms with E-state index in [0.29, 0.717) is 12.1 Å². The molecule has 1 aromatic heterocycles. The molecule has 0 amide bonds. The minimum absolute atomic E-state index is 0.125. The van der Waals surface area contributed by atoms with Crippen LogP contribution in [0.2, 0.25) is 0 Å². The van der Waals surface area contributed by atoms with E-state index in [4.69, 9.17) is 15.5 Å². The number of esters is 1. The Bertz CT molecular complexity index is 892. The van der Waals surface area contributed by atoms with Gasteiger partial charge in [0.25, 0.3) is 0 Å². The average Bonchev–Trinajstić information content (AvgIpc) is 2.83. The number of nitrogen functional groups attached to an aromatic ring is 1. The van der Waals surface area contributed by atoms with E-state index in [1.807, 2.05) is 73.9 Å². The highest BCUT2D eigenvalue weighted by atomic mass is 16.6. The molecule has 2 aromatic carbocycles. The monoisotopic (exact) mass is 337 g/mol. The van der Waals surface area contributed by atoms with E-state index in [9.17, 15) is 4.79 Å². The first-order valence-corrected chi connectivity index (χ1v) is 8.32. The molecule has 0 spiro atoms. The molecule has 0 bridgehead atoms. The Balaban J connectivity index is 1.98. The largest absolute Gasteiger partial charge is 0.459 e. The molecule has 130 valence electrons. The second-order valence-electron chi connectivity index (χ2n) is 7.11. The number of hydrogen-bond acceptors (Lipinski definition) is 4. The van der Waals surface area contributed by atoms with Gasteiger partial charge in [0.05, 0.1) is 11.0 Å². The molecule has 0 aliphatic heterocycles. The molecule has 3 aromatic rings. The van der Waals surface area contributed by atoms with E-state index in [1.165, 1.54) is 0 Å². The lowest BCUT2D eigenvalue weighted by atomic mass is 10.1. The summed E-state index contributed by atoms with van der Waals surface area (Å²) in [4.78, 5) is 17.0. The number of fused-ring (bicyclic) bond motifs is 1. The van der Waals surface area contributed by atoms with Gasteiger partial charge in [0, 0.05) is 12.1 Å². The fraction of sp³-hybridized carbons (Fsp3) is 0.300. The van der Waals surface area contributed by atoms with Crippen molar-refractivity contribution >= 4 is 22.7 Å². The molecule has 0 aliphatic rings. The van der Waals surface area contributed by atoms with Crippen LogP contribution in [0.3, 0.4) is 0 Å². The first-order valence-electron chi connectivity index (χ1n) is 8.32. The summed E-state index contributed by atoms with van der Waals surface area (Å²) < 4.78 is 7.39. The summed E-state index contributed by atoms with van der Waals surface area (Å²) in [5.74, 6) is 0.538. The molecular weight excluding hydrogens is 314 g/mol. The van der Waals surface area contributed by atoms with Gasteiger partial charge in [0.2, 0.25) is 0 Å². The molecule has 0 saturated carbocycles. The minimum Gasteiger partial charge on any atom is -0.459 e. The molecule has 2 N–H and O–H groups in total. The molecule has 0 fully saturated rings. The van der Waals surface area contributed by atoms with Gasteiger partial charge in [-0.1, -0.05) is 30.3 Å². The smallest absolute Gasteiger partial charge is 0.326 e. The average molecular weight is 337 g/mol. The highest BCUT2D eigenvalue weighted by Crippen LogP contribution is 2.21. The van der Waals surface area contributed by atoms with Gasteiger partial charge in [-0.3, -0.25) is 4.79 Å². The highest BCUT2D eigenvalue weighted by Gasteiger charge is 2.19. The van der Waals surface area contributed by atoms with E-state index in [2.05, 4.69) is 0 Å². The van der Waals surface area contributed by atoms with Gasteiger partial charge in [-0.2, -0.15) is 0 Å². The third-order valence-corrected chi connectivity index (χ3v) is 3.76. The SMILES string of the molecule is CC(C)(C)OC(=O)Cn1c(Cc2ccccc2)nc2cc(N)ccc21. The van der Waals surface area contributed by atoms with E-state index in [-0.39, 0.29) is 12.5 Å². The van der Waals surface area contributed by atoms with Crippen molar-refractivity contribution in [1.29, 1.82) is 0 Å². The number of carbonyl (C=O) groups is 1. The zero-order chi connectivity index (χ0) is 18.0. The fourth-order valence-corrected chi connectivity index (χ4v) is 2.79. The van der Waals surface area contributed by atoms with Crippen LogP contribution in [0.25, 0.3) is 11.0 Å². The van der Waals surface area contributed by atoms with E-state index in [0.717, 1.165) is 22.4 Å². The van der Waals surface area contributed by atoms with Crippen LogP contribution < -0.4 is 5.73 Å². The van der Waals surface area contributed by atoms with Crippen LogP contribution in [0, 0.1) is 0 Å². The number of imidazole rings is 1. The summed E-state index contributed by atoms with van der Waals surface area (Å²) in [7, 11) is 0. The lowest BCUT2D eigenvalue weighted by Gasteiger charge is -2.20. The Morgan fingerprint density at radius 1 is 1.16 bits per heavy atom. The first kappa shape index (κ1) is 17.0. The Morgan fingerprint density at radius 2 is 1.88 bits per heavy atom. The van der Waals surface area contributed by atoms with Gasteiger partial charge in [-0.05, 0) is 44.5 Å². The molecule has 3 rings (SSSR count). The van der Waals surface area contributed by atoms with Crippen LogP contribution in [0.1, 0.15) is 32.2 Å². The molecule has 0 unspecified atom stereocenters. The maximum Gasteiger partial charge on any atom is 0.326 e. The van der Waals surface area contributed by atoms with Crippen molar-refractivity contribution in [3.63, 3.8) is 0 Å². The van der Waals surface area contributed by atoms with Crippen LogP contribution in [-0.4, -0.2) is 21.1 Å². The Hall–Kier alpha value is -2.82. The van der Waals surface area contributed by atoms with Crippen molar-refractivity contribution in [1.82, 2.24) is 9.55 Å². The number of anilines is 1. The van der Waals surface area contributed by atoms with Crippen molar-refractivity contribution in [2.24, 2.45) is 0 Å². The number of nitrogens with zero attached hydrogens (tertiary/aromatic N) is 2. The minimum atomic E-state index is -0.516. The normalized spacial score (nSPS) is 11.6. The van der Waals surface area contributed by atoms with Crippen LogP contribution in [0.5, 0.6) is 0 Å². The van der Waals surface area contributed by atoms with Crippen molar-refractivity contribution in [2.75, 3.05) is 5.73 Å². The van der Waals surface area contributed by atoms with Crippen LogP contribution >= 0.6 is 0 Å². The maximum absolute atomic E-state index is 12.3. The topological polar surface area (TPSA) is 70.1 Å². The zero-order valence-corrected chi connectivity index (χ0v) is 14.8. The number of benzene rings is 2. The van der Waals surface area contributed by atoms with Gasteiger partial charge >= 0.3 is 5.97 Å². The maximum atomic E-state index is 12.3. The van der Waals surface area contributed by atoms with Gasteiger partial charge in [-0.25, -0.2) is 4.98 Å². The Kier molecular flexibility index (Phi) is 4.49. The van der Waals surface area contributed by atoms with E-state index < -0.39 is 5.60 Å². The summed E-state index contributed by atoms with van der Waals surface area (Å²) in [5, 5.41) is 0. The number of rotatable bonds is 4. The van der Waals surface area contributed by atoms with Crippen molar-refractivity contribution < 1.29 is 9.53 Å². The third kappa shape index (κ3) is 4.18. The molecule has 0 atom stereocenters. The van der Waals surface area contributed by atoms with Crippen molar-refractivity contribution in [3.05, 3.63) is 59.9 Å². The fourth-order valence-electron chi connectivity index (χ4n) is 2.79. The lowest BCUT2D eigenvalue weighted by molar-refractivity contribution is -0.155. The van der Waals surface area contributed by atoms with Crippen LogP contribution in [-0.2, 0) is 22.5 Å². The van der Waals surface area contributed by atoms with Gasteiger partial charge in [0.1, 0.15) is 18.0 Å². The first-order chi connectivity index (χ1) is 11.8. The molecule has 25 heavy (non-hydrogen) atoms. The number of hydrogen-bond donors (Lipinski definition) is 1. The summed E-state index contributed by atoms with van der Waals surface area (Å²) in [6, 6.07) is 15.6. The number of aromatic nitrogens is 2. The molecule has 1 heterocycles. The summed E-state index contributed by atoms with van der Waals surface area (Å²) in [6.45, 7) is 5.72. The highest BCUT2D eigenvalue weighted by molar-refractivity contribution is 5.81. The number of nitrogens with two attached hydrogens (primary N) is 1. The van der Waals surface area contributed by atoms with Crippen LogP contribution in [0.4, 0.5) is 5.69 Å². The molecule has 5 heteroatoms. The van der Waals surface area contributed by atoms with Gasteiger partial charge in [-0.15, -0.1) is 0 Å². The third-order valence-electron chi connectivity index (χ3n) is 3.76. The second kappa shape index (κ2) is 6.59. The predicted octanol–water partition coefficient (Wildman–Crippen LogP) is 3.55. The zero-order valence-electron chi connectivity index (χ0n) is 14.8. The van der Waals surface area contributed by atoms with Crippen molar-refractivity contribution in [2.45, 2.75) is 39.3 Å². The summed E-state index contributed by atoms with van der Waals surface area (Å²) >= 11 is 0. The molecular formula is C20H23N3O2. The molecule has 0 aliphatic carbocycles. The molecule has 0 radical (unpaired) electrons. The quantitative estimate of drug-likeness (QED) is 0.584. The van der Waals surface area contributed by atoms with Gasteiger partial charge in [0.15, 0.2) is 0 Å². The van der Waals surface area contributed by atoms with E-state index in [1.54, 1.807) is 0 Å². The van der Waals surface area contributed by atoms with Gasteiger partial charge < -0.3 is 15.0 Å². The Morgan fingerprint density at radius 3 is 2.56 bits per heavy atom. The predicted molar refractivity (Wildman–Crippen MR) is 99.2 cm³/mol. The van der Waals surface area contributed by atoms with Crippen molar-refractivity contribution in [3.8, 4) is 0 Å². The van der Waals surface area contributed by atoms with Crippen LogP contribution in [0.15, 0.2) is 48.5 Å². The Labute approximate surface area is 147 Å². The van der Waals surface area contributed by atoms with E-state index >= 15 is 0 Å². The summed E-state index contributed by atoms with van der Waals surface area (Å²) in [5.41, 5.74) is 8.82. The standard InChI is InChI=1S/C20H23N3O2/c1-20(2,3)25-19(24)13-23-17-10-9-15(21)12-16(17)22-18(23)11-14-7-5-4-6-8-14/h4-10,12H,11,13,21H2,1-3H3. The lowest BCUT2D eigenvalue weighted by Crippen LogP contribution is -2.27. The second-order valence-corrected chi connectivity index (χ2v) is 7.11. The molecule has 0 saturated heterocycles.